The first-order chi connectivity index (χ1) is 5.43. The Morgan fingerprint density at radius 2 is 2.55 bits per heavy atom. The molecule has 0 aromatic carbocycles. The average Bonchev–Trinajstić information content (AvgIpc) is 2.50. The van der Waals surface area contributed by atoms with Crippen LogP contribution in [0.2, 0.25) is 0 Å². The van der Waals surface area contributed by atoms with Gasteiger partial charge in [0.05, 0.1) is 0 Å². The maximum atomic E-state index is 5.51. The second-order valence-corrected chi connectivity index (χ2v) is 3.50. The van der Waals surface area contributed by atoms with Crippen LogP contribution in [0.4, 0.5) is 0 Å². The predicted molar refractivity (Wildman–Crippen MR) is 49.2 cm³/mol. The molecule has 0 aliphatic heterocycles. The van der Waals surface area contributed by atoms with E-state index >= 15 is 0 Å². The molecule has 4 heteroatoms. The van der Waals surface area contributed by atoms with E-state index in [0.717, 1.165) is 30.4 Å². The van der Waals surface area contributed by atoms with Crippen LogP contribution >= 0.6 is 22.9 Å². The van der Waals surface area contributed by atoms with E-state index in [1.165, 1.54) is 0 Å². The van der Waals surface area contributed by atoms with Crippen LogP contribution in [0, 0.1) is 0 Å². The van der Waals surface area contributed by atoms with Gasteiger partial charge in [0.2, 0.25) is 0 Å². The Morgan fingerprint density at radius 1 is 1.64 bits per heavy atom. The molecule has 1 rings (SSSR count). The second-order valence-electron chi connectivity index (χ2n) is 2.15. The van der Waals surface area contributed by atoms with Crippen molar-refractivity contribution in [2.24, 2.45) is 0 Å². The molecule has 0 saturated carbocycles. The van der Waals surface area contributed by atoms with Gasteiger partial charge in [0.25, 0.3) is 0 Å². The molecular formula is C7H11ClN2S. The molecule has 1 aromatic rings. The highest BCUT2D eigenvalue weighted by Gasteiger charge is 1.92. The van der Waals surface area contributed by atoms with Crippen molar-refractivity contribution in [3.05, 3.63) is 16.6 Å². The van der Waals surface area contributed by atoms with Gasteiger partial charge in [0, 0.05) is 24.0 Å². The smallest absolute Gasteiger partial charge is 0.106 e. The number of nitrogens with one attached hydrogen (secondary N) is 1. The zero-order valence-corrected chi connectivity index (χ0v) is 7.79. The summed E-state index contributed by atoms with van der Waals surface area (Å²) in [5, 5.41) is 6.38. The molecule has 1 heterocycles. The molecule has 0 aliphatic carbocycles. The van der Waals surface area contributed by atoms with Gasteiger partial charge < -0.3 is 5.32 Å². The maximum Gasteiger partial charge on any atom is 0.106 e. The molecule has 2 nitrogen and oxygen atoms in total. The van der Waals surface area contributed by atoms with Crippen LogP contribution < -0.4 is 5.32 Å². The second kappa shape index (κ2) is 5.52. The van der Waals surface area contributed by atoms with Crippen molar-refractivity contribution in [3.63, 3.8) is 0 Å². The minimum Gasteiger partial charge on any atom is -0.310 e. The molecule has 62 valence electrons. The summed E-state index contributed by atoms with van der Waals surface area (Å²) in [7, 11) is 0. The number of aromatic nitrogens is 1. The fourth-order valence-corrected chi connectivity index (χ4v) is 1.45. The summed E-state index contributed by atoms with van der Waals surface area (Å²) in [6.07, 6.45) is 2.84. The van der Waals surface area contributed by atoms with Crippen molar-refractivity contribution < 1.29 is 0 Å². The van der Waals surface area contributed by atoms with Crippen LogP contribution in [0.25, 0.3) is 0 Å². The number of hydrogen-bond donors (Lipinski definition) is 1. The van der Waals surface area contributed by atoms with Gasteiger partial charge in [-0.3, -0.25) is 0 Å². The highest BCUT2D eigenvalue weighted by atomic mass is 35.5. The lowest BCUT2D eigenvalue weighted by atomic mass is 10.5. The summed E-state index contributed by atoms with van der Waals surface area (Å²) < 4.78 is 0. The number of thiazole rings is 1. The standard InChI is InChI=1S/C7H11ClN2S/c8-2-1-3-9-6-7-10-4-5-11-7/h4-5,9H,1-3,6H2. The van der Waals surface area contributed by atoms with Gasteiger partial charge in [-0.25, -0.2) is 4.98 Å². The molecule has 0 saturated heterocycles. The van der Waals surface area contributed by atoms with Crippen molar-refractivity contribution in [2.45, 2.75) is 13.0 Å². The third-order valence-electron chi connectivity index (χ3n) is 1.25. The van der Waals surface area contributed by atoms with Gasteiger partial charge in [0.15, 0.2) is 0 Å². The van der Waals surface area contributed by atoms with Crippen LogP contribution in [0.1, 0.15) is 11.4 Å². The molecule has 0 bridgehead atoms. The third-order valence-corrected chi connectivity index (χ3v) is 2.29. The number of halogens is 1. The Labute approximate surface area is 75.6 Å². The van der Waals surface area contributed by atoms with Crippen LogP contribution in [0.15, 0.2) is 11.6 Å². The van der Waals surface area contributed by atoms with E-state index in [1.54, 1.807) is 11.3 Å². The van der Waals surface area contributed by atoms with E-state index < -0.39 is 0 Å². The summed E-state index contributed by atoms with van der Waals surface area (Å²) in [4.78, 5) is 4.14. The predicted octanol–water partition coefficient (Wildman–Crippen LogP) is 1.86. The zero-order chi connectivity index (χ0) is 7.94. The Bertz CT molecular complexity index is 177. The average molecular weight is 191 g/mol. The molecule has 11 heavy (non-hydrogen) atoms. The molecule has 1 N–H and O–H groups in total. The van der Waals surface area contributed by atoms with Crippen molar-refractivity contribution in [3.8, 4) is 0 Å². The topological polar surface area (TPSA) is 24.9 Å². The summed E-state index contributed by atoms with van der Waals surface area (Å²) in [5.41, 5.74) is 0. The number of alkyl halides is 1. The van der Waals surface area contributed by atoms with Crippen LogP contribution in [-0.4, -0.2) is 17.4 Å². The normalized spacial score (nSPS) is 10.3. The lowest BCUT2D eigenvalue weighted by Crippen LogP contribution is -2.14. The van der Waals surface area contributed by atoms with Crippen LogP contribution in [-0.2, 0) is 6.54 Å². The van der Waals surface area contributed by atoms with Crippen LogP contribution in [0.3, 0.4) is 0 Å². The molecule has 0 amide bonds. The van der Waals surface area contributed by atoms with E-state index in [4.69, 9.17) is 11.6 Å². The first kappa shape index (κ1) is 8.97. The van der Waals surface area contributed by atoms with E-state index in [9.17, 15) is 0 Å². The Morgan fingerprint density at radius 3 is 3.18 bits per heavy atom. The van der Waals surface area contributed by atoms with Crippen molar-refractivity contribution in [1.82, 2.24) is 10.3 Å². The molecule has 0 unspecified atom stereocenters. The van der Waals surface area contributed by atoms with Gasteiger partial charge >= 0.3 is 0 Å². The fourth-order valence-electron chi connectivity index (χ4n) is 0.727. The van der Waals surface area contributed by atoms with Crippen molar-refractivity contribution in [2.75, 3.05) is 12.4 Å². The highest BCUT2D eigenvalue weighted by Crippen LogP contribution is 2.02. The largest absolute Gasteiger partial charge is 0.310 e. The SMILES string of the molecule is ClCCCNCc1nccs1. The minimum absolute atomic E-state index is 0.727. The maximum absolute atomic E-state index is 5.51. The van der Waals surface area contributed by atoms with E-state index in [1.807, 2.05) is 11.6 Å². The van der Waals surface area contributed by atoms with E-state index in [0.29, 0.717) is 0 Å². The van der Waals surface area contributed by atoms with Gasteiger partial charge in [-0.15, -0.1) is 22.9 Å². The fraction of sp³-hybridized carbons (Fsp3) is 0.571. The van der Waals surface area contributed by atoms with Gasteiger partial charge in [0.1, 0.15) is 5.01 Å². The monoisotopic (exact) mass is 190 g/mol. The lowest BCUT2D eigenvalue weighted by molar-refractivity contribution is 0.675. The van der Waals surface area contributed by atoms with Crippen molar-refractivity contribution >= 4 is 22.9 Å². The first-order valence-electron chi connectivity index (χ1n) is 3.58. The molecular weight excluding hydrogens is 180 g/mol. The van der Waals surface area contributed by atoms with Crippen LogP contribution in [0.5, 0.6) is 0 Å². The number of nitrogens with zero attached hydrogens (tertiary/aromatic N) is 1. The summed E-state index contributed by atoms with van der Waals surface area (Å²) in [6.45, 7) is 1.84. The van der Waals surface area contributed by atoms with Gasteiger partial charge in [-0.2, -0.15) is 0 Å². The third kappa shape index (κ3) is 3.70. The minimum atomic E-state index is 0.727. The van der Waals surface area contributed by atoms with Gasteiger partial charge in [-0.1, -0.05) is 0 Å². The molecule has 0 aliphatic rings. The lowest BCUT2D eigenvalue weighted by Gasteiger charge is -1.98. The Balaban J connectivity index is 2.04. The van der Waals surface area contributed by atoms with Crippen molar-refractivity contribution in [1.29, 1.82) is 0 Å². The Kier molecular flexibility index (Phi) is 4.50. The molecule has 0 fully saturated rings. The van der Waals surface area contributed by atoms with Gasteiger partial charge in [-0.05, 0) is 13.0 Å². The molecule has 0 atom stereocenters. The molecule has 0 spiro atoms. The van der Waals surface area contributed by atoms with E-state index in [2.05, 4.69) is 10.3 Å². The first-order valence-corrected chi connectivity index (χ1v) is 5.00. The molecule has 1 aromatic heterocycles. The summed E-state index contributed by atoms with van der Waals surface area (Å²) in [6, 6.07) is 0. The quantitative estimate of drug-likeness (QED) is 0.567. The number of rotatable bonds is 5. The summed E-state index contributed by atoms with van der Waals surface area (Å²) >= 11 is 7.18. The molecule has 0 radical (unpaired) electrons. The number of hydrogen-bond acceptors (Lipinski definition) is 3. The highest BCUT2D eigenvalue weighted by molar-refractivity contribution is 7.09. The van der Waals surface area contributed by atoms with E-state index in [-0.39, 0.29) is 0 Å². The Hall–Kier alpha value is -0.120. The zero-order valence-electron chi connectivity index (χ0n) is 6.22. The summed E-state index contributed by atoms with van der Waals surface area (Å²) in [5.74, 6) is 0.727.